The zero-order valence-electron chi connectivity index (χ0n) is 10.2. The van der Waals surface area contributed by atoms with E-state index in [4.69, 9.17) is 4.74 Å². The minimum absolute atomic E-state index is 0.179. The maximum absolute atomic E-state index is 12.0. The first-order valence-electron chi connectivity index (χ1n) is 6.02. The minimum atomic E-state index is -2.81. The van der Waals surface area contributed by atoms with Crippen LogP contribution in [0.3, 0.4) is 0 Å². The van der Waals surface area contributed by atoms with Crippen LogP contribution in [0, 0.1) is 0 Å². The van der Waals surface area contributed by atoms with Crippen LogP contribution in [0.2, 0.25) is 0 Å². The quantitative estimate of drug-likeness (QED) is 0.828. The van der Waals surface area contributed by atoms with E-state index in [0.29, 0.717) is 0 Å². The Morgan fingerprint density at radius 3 is 2.79 bits per heavy atom. The van der Waals surface area contributed by atoms with Crippen molar-refractivity contribution in [3.8, 4) is 0 Å². The Morgan fingerprint density at radius 1 is 1.37 bits per heavy atom. The summed E-state index contributed by atoms with van der Waals surface area (Å²) in [5.74, 6) is -0.441. The monoisotopic (exact) mass is 271 g/mol. The number of rotatable bonds is 5. The van der Waals surface area contributed by atoms with Gasteiger partial charge in [0.25, 0.3) is 0 Å². The van der Waals surface area contributed by atoms with Crippen molar-refractivity contribution in [2.75, 3.05) is 6.54 Å². The predicted octanol–water partition coefficient (Wildman–Crippen LogP) is 1.70. The molecule has 1 aliphatic rings. The molecule has 1 saturated heterocycles. The highest BCUT2D eigenvalue weighted by Gasteiger charge is 2.32. The zero-order chi connectivity index (χ0) is 13.7. The third-order valence-corrected chi connectivity index (χ3v) is 2.89. The maximum atomic E-state index is 12.0. The standard InChI is InChI=1S/C13H15F2NO3/c14-13(15)19-10-6-11(16-7-10)12(17)18-8-9-4-2-1-3-5-9/h1-5,10-11,13,16H,6-8H2/t10-,11+/m1/s1. The highest BCUT2D eigenvalue weighted by Crippen LogP contribution is 2.15. The number of halogens is 2. The molecule has 2 atom stereocenters. The summed E-state index contributed by atoms with van der Waals surface area (Å²) in [6, 6.07) is 8.69. The van der Waals surface area contributed by atoms with Crippen molar-refractivity contribution in [1.82, 2.24) is 5.32 Å². The van der Waals surface area contributed by atoms with Crippen LogP contribution < -0.4 is 5.32 Å². The van der Waals surface area contributed by atoms with Gasteiger partial charge in [0.15, 0.2) is 0 Å². The Hall–Kier alpha value is -1.53. The van der Waals surface area contributed by atoms with Crippen molar-refractivity contribution >= 4 is 5.97 Å². The molecular formula is C13H15F2NO3. The first-order chi connectivity index (χ1) is 9.15. The van der Waals surface area contributed by atoms with Gasteiger partial charge in [-0.25, -0.2) is 0 Å². The fourth-order valence-corrected chi connectivity index (χ4v) is 1.96. The fraction of sp³-hybridized carbons (Fsp3) is 0.462. The van der Waals surface area contributed by atoms with Crippen molar-refractivity contribution in [2.45, 2.75) is 31.8 Å². The highest BCUT2D eigenvalue weighted by molar-refractivity contribution is 5.76. The molecule has 1 heterocycles. The van der Waals surface area contributed by atoms with Gasteiger partial charge in [-0.2, -0.15) is 8.78 Å². The number of esters is 1. The van der Waals surface area contributed by atoms with Crippen molar-refractivity contribution in [3.63, 3.8) is 0 Å². The summed E-state index contributed by atoms with van der Waals surface area (Å²) < 4.78 is 33.5. The van der Waals surface area contributed by atoms with Crippen molar-refractivity contribution in [2.24, 2.45) is 0 Å². The van der Waals surface area contributed by atoms with E-state index < -0.39 is 24.7 Å². The summed E-state index contributed by atoms with van der Waals surface area (Å²) >= 11 is 0. The van der Waals surface area contributed by atoms with E-state index in [1.165, 1.54) is 0 Å². The lowest BCUT2D eigenvalue weighted by Gasteiger charge is -2.11. The second-order valence-electron chi connectivity index (χ2n) is 4.31. The van der Waals surface area contributed by atoms with E-state index in [0.717, 1.165) is 5.56 Å². The van der Waals surface area contributed by atoms with Crippen molar-refractivity contribution in [3.05, 3.63) is 35.9 Å². The number of hydrogen-bond acceptors (Lipinski definition) is 4. The Labute approximate surface area is 109 Å². The SMILES string of the molecule is O=C(OCc1ccccc1)[C@@H]1C[C@@H](OC(F)F)CN1. The van der Waals surface area contributed by atoms with Crippen molar-refractivity contribution < 1.29 is 23.0 Å². The van der Waals surface area contributed by atoms with Crippen LogP contribution in [0.25, 0.3) is 0 Å². The highest BCUT2D eigenvalue weighted by atomic mass is 19.3. The molecule has 0 bridgehead atoms. The van der Waals surface area contributed by atoms with Gasteiger partial charge >= 0.3 is 12.6 Å². The second kappa shape index (κ2) is 6.58. The van der Waals surface area contributed by atoms with Crippen LogP contribution in [0.15, 0.2) is 30.3 Å². The average molecular weight is 271 g/mol. The molecule has 0 aromatic heterocycles. The Morgan fingerprint density at radius 2 is 2.11 bits per heavy atom. The van der Waals surface area contributed by atoms with Crippen LogP contribution in [-0.4, -0.2) is 31.3 Å². The first-order valence-corrected chi connectivity index (χ1v) is 6.02. The fourth-order valence-electron chi connectivity index (χ4n) is 1.96. The van der Waals surface area contributed by atoms with E-state index in [-0.39, 0.29) is 19.6 Å². The molecule has 0 saturated carbocycles. The van der Waals surface area contributed by atoms with Gasteiger partial charge in [-0.05, 0) is 5.56 Å². The number of nitrogens with one attached hydrogen (secondary N) is 1. The smallest absolute Gasteiger partial charge is 0.345 e. The van der Waals surface area contributed by atoms with E-state index in [1.54, 1.807) is 0 Å². The summed E-state index contributed by atoms with van der Waals surface area (Å²) in [7, 11) is 0. The first kappa shape index (κ1) is 13.9. The molecule has 2 rings (SSSR count). The Kier molecular flexibility index (Phi) is 4.81. The predicted molar refractivity (Wildman–Crippen MR) is 63.5 cm³/mol. The van der Waals surface area contributed by atoms with Gasteiger partial charge in [-0.15, -0.1) is 0 Å². The average Bonchev–Trinajstić information content (AvgIpc) is 2.85. The van der Waals surface area contributed by atoms with Crippen molar-refractivity contribution in [1.29, 1.82) is 0 Å². The summed E-state index contributed by atoms with van der Waals surface area (Å²) in [4.78, 5) is 11.7. The topological polar surface area (TPSA) is 47.6 Å². The third-order valence-electron chi connectivity index (χ3n) is 2.89. The third kappa shape index (κ3) is 4.25. The van der Waals surface area contributed by atoms with Gasteiger partial charge in [0.05, 0.1) is 6.10 Å². The molecule has 4 nitrogen and oxygen atoms in total. The summed E-state index contributed by atoms with van der Waals surface area (Å²) in [5, 5.41) is 2.82. The normalized spacial score (nSPS) is 22.7. The number of carbonyl (C=O) groups is 1. The molecule has 0 radical (unpaired) electrons. The number of alkyl halides is 2. The molecule has 104 valence electrons. The van der Waals surface area contributed by atoms with Crippen LogP contribution >= 0.6 is 0 Å². The Bertz CT molecular complexity index is 414. The maximum Gasteiger partial charge on any atom is 0.345 e. The molecule has 1 aromatic rings. The summed E-state index contributed by atoms with van der Waals surface area (Å²) in [6.45, 7) is -2.40. The number of ether oxygens (including phenoxy) is 2. The van der Waals surface area contributed by atoms with Crippen LogP contribution in [0.5, 0.6) is 0 Å². The summed E-state index contributed by atoms with van der Waals surface area (Å²) in [5.41, 5.74) is 0.884. The molecule has 19 heavy (non-hydrogen) atoms. The largest absolute Gasteiger partial charge is 0.460 e. The molecular weight excluding hydrogens is 256 g/mol. The molecule has 0 aliphatic carbocycles. The molecule has 0 amide bonds. The Balaban J connectivity index is 1.75. The molecule has 6 heteroatoms. The van der Waals surface area contributed by atoms with Gasteiger partial charge < -0.3 is 14.8 Å². The van der Waals surface area contributed by atoms with E-state index >= 15 is 0 Å². The van der Waals surface area contributed by atoms with Crippen LogP contribution in [0.4, 0.5) is 8.78 Å². The molecule has 1 N–H and O–H groups in total. The molecule has 1 aromatic carbocycles. The summed E-state index contributed by atoms with van der Waals surface area (Å²) in [6.07, 6.45) is -0.438. The van der Waals surface area contributed by atoms with Gasteiger partial charge in [0, 0.05) is 13.0 Å². The molecule has 1 fully saturated rings. The molecule has 1 aliphatic heterocycles. The van der Waals surface area contributed by atoms with Crippen LogP contribution in [-0.2, 0) is 20.9 Å². The second-order valence-corrected chi connectivity index (χ2v) is 4.31. The number of hydrogen-bond donors (Lipinski definition) is 1. The van der Waals surface area contributed by atoms with Gasteiger partial charge in [-0.1, -0.05) is 30.3 Å². The van der Waals surface area contributed by atoms with E-state index in [2.05, 4.69) is 10.1 Å². The van der Waals surface area contributed by atoms with E-state index in [1.807, 2.05) is 30.3 Å². The van der Waals surface area contributed by atoms with Gasteiger partial charge in [0.1, 0.15) is 12.6 Å². The van der Waals surface area contributed by atoms with E-state index in [9.17, 15) is 13.6 Å². The van der Waals surface area contributed by atoms with Gasteiger partial charge in [0.2, 0.25) is 0 Å². The number of benzene rings is 1. The lowest BCUT2D eigenvalue weighted by molar-refractivity contribution is -0.160. The zero-order valence-corrected chi connectivity index (χ0v) is 10.2. The lowest BCUT2D eigenvalue weighted by atomic mass is 10.2. The number of carbonyl (C=O) groups excluding carboxylic acids is 1. The minimum Gasteiger partial charge on any atom is -0.460 e. The molecule has 0 spiro atoms. The van der Waals surface area contributed by atoms with Gasteiger partial charge in [-0.3, -0.25) is 4.79 Å². The lowest BCUT2D eigenvalue weighted by Crippen LogP contribution is -2.32. The molecule has 0 unspecified atom stereocenters. The van der Waals surface area contributed by atoms with Crippen LogP contribution in [0.1, 0.15) is 12.0 Å².